The molecule has 2 aliphatic heterocycles. The van der Waals surface area contributed by atoms with Crippen molar-refractivity contribution in [3.63, 3.8) is 0 Å². The molecule has 10 N–H and O–H groups in total. The smallest absolute Gasteiger partial charge is 0.335 e. The van der Waals surface area contributed by atoms with E-state index in [1.54, 1.807) is 0 Å². The van der Waals surface area contributed by atoms with Crippen LogP contribution in [0.2, 0.25) is 0 Å². The van der Waals surface area contributed by atoms with Crippen molar-refractivity contribution in [2.24, 2.45) is 0 Å². The lowest BCUT2D eigenvalue weighted by Crippen LogP contribution is -2.61. The fourth-order valence-electron chi connectivity index (χ4n) is 4.77. The molecule has 2 fully saturated rings. The quantitative estimate of drug-likeness (QED) is 0.127. The van der Waals surface area contributed by atoms with Crippen LogP contribution in [0.1, 0.15) is 0 Å². The van der Waals surface area contributed by atoms with Crippen molar-refractivity contribution in [2.45, 2.75) is 61.4 Å². The third-order valence-corrected chi connectivity index (χ3v) is 7.15. The number of fused-ring (bicyclic) bond motifs is 1. The number of ether oxygens (including phenoxy) is 4. The van der Waals surface area contributed by atoms with Crippen LogP contribution in [0, 0.1) is 0 Å². The number of carboxylic acid groups (broad SMARTS) is 2. The third-order valence-electron chi connectivity index (χ3n) is 7.15. The number of benzene rings is 2. The minimum absolute atomic E-state index is 0.0562. The van der Waals surface area contributed by atoms with Gasteiger partial charge in [0.1, 0.15) is 64.9 Å². The summed E-state index contributed by atoms with van der Waals surface area (Å²) in [6.07, 6.45) is -19.5. The number of carbonyl (C=O) groups is 2. The monoisotopic (exact) mass is 638 g/mol. The van der Waals surface area contributed by atoms with Gasteiger partial charge in [0, 0.05) is 23.8 Å². The van der Waals surface area contributed by atoms with E-state index in [1.165, 1.54) is 6.07 Å². The molecule has 10 atom stereocenters. The maximum absolute atomic E-state index is 12.9. The fourth-order valence-corrected chi connectivity index (χ4v) is 4.77. The minimum atomic E-state index is -1.99. The molecule has 3 aromatic rings. The average molecular weight is 638 g/mol. The van der Waals surface area contributed by atoms with Gasteiger partial charge in [0.15, 0.2) is 29.1 Å². The first-order chi connectivity index (χ1) is 21.2. The molecule has 3 heterocycles. The third kappa shape index (κ3) is 5.95. The number of carboxylic acids is 2. The van der Waals surface area contributed by atoms with Gasteiger partial charge in [-0.15, -0.1) is 0 Å². The normalized spacial score (nSPS) is 31.8. The Morgan fingerprint density at radius 3 is 1.78 bits per heavy atom. The molecule has 1 aromatic heterocycles. The number of phenols is 2. The van der Waals surface area contributed by atoms with Crippen molar-refractivity contribution in [3.05, 3.63) is 46.6 Å². The van der Waals surface area contributed by atoms with E-state index in [-0.39, 0.29) is 28.0 Å². The Morgan fingerprint density at radius 1 is 0.667 bits per heavy atom. The van der Waals surface area contributed by atoms with Crippen molar-refractivity contribution in [1.29, 1.82) is 0 Å². The zero-order valence-electron chi connectivity index (χ0n) is 22.5. The van der Waals surface area contributed by atoms with Gasteiger partial charge in [-0.05, 0) is 18.2 Å². The number of phenolic OH excluding ortho intramolecular Hbond substituents is 2. The molecule has 18 heteroatoms. The SMILES string of the molecule is O=C(O)C1O[C@@H](Oc2cc(O)c3c(=O)cc(-c4ccc(O)c(O[C@@H]5OC(C(=O)O)[C@H](O)[C@H](O)C5O)c4)oc3c2)C(O)[C@@H](O)[C@H]1O. The van der Waals surface area contributed by atoms with E-state index in [4.69, 9.17) is 23.4 Å². The molecule has 4 unspecified atom stereocenters. The first-order valence-corrected chi connectivity index (χ1v) is 13.0. The van der Waals surface area contributed by atoms with Gasteiger partial charge in [-0.3, -0.25) is 4.79 Å². The van der Waals surface area contributed by atoms with Crippen LogP contribution in [0.3, 0.4) is 0 Å². The number of aliphatic carboxylic acids is 2. The minimum Gasteiger partial charge on any atom is -0.507 e. The standard InChI is InChI=1S/C27H26O18/c28-9-2-1-7(3-13(9)43-27-21(36)17(32)19(34)23(45-27)25(39)40)12-6-11(30)15-10(29)4-8(5-14(15)42-12)41-26-20(35)16(31)18(33)22(44-26)24(37)38/h1-6,16-23,26-29,31-36H,(H,37,38)(H,39,40)/t16-,17-,18+,19+,20?,21?,22?,23?,26+,27+/m0/s1. The number of hydrogen-bond acceptors (Lipinski definition) is 16. The van der Waals surface area contributed by atoms with E-state index in [2.05, 4.69) is 0 Å². The van der Waals surface area contributed by atoms with Crippen LogP contribution in [0.5, 0.6) is 23.0 Å². The highest BCUT2D eigenvalue weighted by Gasteiger charge is 2.49. The van der Waals surface area contributed by atoms with E-state index in [1.807, 2.05) is 0 Å². The molecule has 18 nitrogen and oxygen atoms in total. The zero-order chi connectivity index (χ0) is 32.9. The highest BCUT2D eigenvalue weighted by Crippen LogP contribution is 2.37. The predicted molar refractivity (Wildman–Crippen MR) is 141 cm³/mol. The Balaban J connectivity index is 1.46. The number of aliphatic hydroxyl groups excluding tert-OH is 6. The topological polar surface area (TPSA) is 304 Å². The highest BCUT2D eigenvalue weighted by atomic mass is 16.7. The van der Waals surface area contributed by atoms with Crippen molar-refractivity contribution >= 4 is 22.9 Å². The van der Waals surface area contributed by atoms with E-state index in [9.17, 15) is 65.4 Å². The van der Waals surface area contributed by atoms with Crippen LogP contribution in [0.4, 0.5) is 0 Å². The van der Waals surface area contributed by atoms with Gasteiger partial charge >= 0.3 is 11.9 Å². The molecule has 0 spiro atoms. The van der Waals surface area contributed by atoms with Crippen LogP contribution in [0.25, 0.3) is 22.3 Å². The highest BCUT2D eigenvalue weighted by molar-refractivity contribution is 5.86. The summed E-state index contributed by atoms with van der Waals surface area (Å²) in [5, 5.41) is 99.3. The Morgan fingerprint density at radius 2 is 1.22 bits per heavy atom. The molecule has 0 radical (unpaired) electrons. The molecule has 2 aromatic carbocycles. The van der Waals surface area contributed by atoms with Crippen LogP contribution >= 0.6 is 0 Å². The molecular weight excluding hydrogens is 612 g/mol. The Kier molecular flexibility index (Phi) is 8.58. The molecule has 2 aliphatic rings. The van der Waals surface area contributed by atoms with Gasteiger partial charge in [-0.2, -0.15) is 0 Å². The second-order valence-corrected chi connectivity index (χ2v) is 10.2. The Hall–Kier alpha value is -4.53. The molecule has 0 aliphatic carbocycles. The lowest BCUT2D eigenvalue weighted by molar-refractivity contribution is -0.271. The van der Waals surface area contributed by atoms with Crippen molar-refractivity contribution in [3.8, 4) is 34.3 Å². The number of rotatable bonds is 7. The van der Waals surface area contributed by atoms with Crippen molar-refractivity contribution in [1.82, 2.24) is 0 Å². The summed E-state index contributed by atoms with van der Waals surface area (Å²) in [7, 11) is 0. The second kappa shape index (κ2) is 12.1. The first-order valence-electron chi connectivity index (χ1n) is 13.0. The van der Waals surface area contributed by atoms with Gasteiger partial charge in [0.2, 0.25) is 12.6 Å². The summed E-state index contributed by atoms with van der Waals surface area (Å²) in [6.45, 7) is 0. The second-order valence-electron chi connectivity index (χ2n) is 10.2. The van der Waals surface area contributed by atoms with E-state index >= 15 is 0 Å². The number of aliphatic hydroxyl groups is 6. The maximum atomic E-state index is 12.9. The van der Waals surface area contributed by atoms with E-state index in [0.29, 0.717) is 0 Å². The summed E-state index contributed by atoms with van der Waals surface area (Å²) in [5.74, 6) is -5.45. The first kappa shape index (κ1) is 31.9. The average Bonchev–Trinajstić information content (AvgIpc) is 2.97. The molecule has 45 heavy (non-hydrogen) atoms. The van der Waals surface area contributed by atoms with Gasteiger partial charge in [0.05, 0.1) is 0 Å². The van der Waals surface area contributed by atoms with Crippen molar-refractivity contribution < 1.29 is 84.0 Å². The molecule has 5 rings (SSSR count). The summed E-state index contributed by atoms with van der Waals surface area (Å²) in [6, 6.07) is 6.43. The van der Waals surface area contributed by atoms with E-state index in [0.717, 1.165) is 30.3 Å². The van der Waals surface area contributed by atoms with E-state index < -0.39 is 96.0 Å². The van der Waals surface area contributed by atoms with Gasteiger partial charge in [-0.1, -0.05) is 0 Å². The molecule has 0 saturated carbocycles. The van der Waals surface area contributed by atoms with Crippen LogP contribution in [-0.2, 0) is 19.1 Å². The fraction of sp³-hybridized carbons (Fsp3) is 0.370. The van der Waals surface area contributed by atoms with Gasteiger partial charge < -0.3 is 74.4 Å². The number of hydrogen-bond donors (Lipinski definition) is 10. The Bertz CT molecular complexity index is 1670. The zero-order valence-corrected chi connectivity index (χ0v) is 22.5. The number of aromatic hydroxyl groups is 2. The summed E-state index contributed by atoms with van der Waals surface area (Å²) in [4.78, 5) is 35.7. The van der Waals surface area contributed by atoms with Gasteiger partial charge in [0.25, 0.3) is 0 Å². The Labute approximate surface area is 249 Å². The maximum Gasteiger partial charge on any atom is 0.335 e. The van der Waals surface area contributed by atoms with Crippen molar-refractivity contribution in [2.75, 3.05) is 0 Å². The lowest BCUT2D eigenvalue weighted by atomic mass is 9.99. The lowest BCUT2D eigenvalue weighted by Gasteiger charge is -2.38. The molecule has 0 amide bonds. The largest absolute Gasteiger partial charge is 0.507 e. The van der Waals surface area contributed by atoms with Gasteiger partial charge in [-0.25, -0.2) is 9.59 Å². The van der Waals surface area contributed by atoms with Crippen LogP contribution in [0.15, 0.2) is 45.6 Å². The predicted octanol–water partition coefficient (Wildman–Crippen LogP) is -2.59. The molecule has 242 valence electrons. The molecular formula is C27H26O18. The van der Waals surface area contributed by atoms with Crippen LogP contribution < -0.4 is 14.9 Å². The molecule has 2 saturated heterocycles. The summed E-state index contributed by atoms with van der Waals surface area (Å²) < 4.78 is 26.7. The molecule has 0 bridgehead atoms. The summed E-state index contributed by atoms with van der Waals surface area (Å²) in [5.41, 5.74) is -1.01. The summed E-state index contributed by atoms with van der Waals surface area (Å²) >= 11 is 0. The van der Waals surface area contributed by atoms with Crippen LogP contribution in [-0.4, -0.2) is 124 Å².